The van der Waals surface area contributed by atoms with Gasteiger partial charge in [0.05, 0.1) is 12.6 Å². The van der Waals surface area contributed by atoms with Crippen molar-refractivity contribution in [3.05, 3.63) is 0 Å². The summed E-state index contributed by atoms with van der Waals surface area (Å²) in [6.45, 7) is 7.56. The number of carbonyl (C=O) groups is 1. The number of hydrogen-bond acceptors (Lipinski definition) is 6. The number of carbonyl (C=O) groups excluding carboxylic acids is 1. The zero-order chi connectivity index (χ0) is 18.0. The molecule has 1 amide bonds. The first kappa shape index (κ1) is 19.4. The van der Waals surface area contributed by atoms with E-state index >= 15 is 0 Å². The SMILES string of the molecule is CN1CCCC(N(C2CCOC2)S(=O)(=O)NC(=O)OC(C)(C)C)C1. The van der Waals surface area contributed by atoms with E-state index < -0.39 is 21.9 Å². The van der Waals surface area contributed by atoms with E-state index in [2.05, 4.69) is 9.62 Å². The standard InChI is InChI=1S/C15H29N3O5S/c1-15(2,3)23-14(19)16-24(20,21)18(13-7-9-22-11-13)12-6-5-8-17(4)10-12/h12-13H,5-11H2,1-4H3,(H,16,19). The van der Waals surface area contributed by atoms with E-state index in [1.165, 1.54) is 4.31 Å². The lowest BCUT2D eigenvalue weighted by molar-refractivity contribution is 0.0561. The van der Waals surface area contributed by atoms with Crippen molar-refractivity contribution in [1.82, 2.24) is 13.9 Å². The van der Waals surface area contributed by atoms with Gasteiger partial charge in [0.1, 0.15) is 5.60 Å². The van der Waals surface area contributed by atoms with Crippen molar-refractivity contribution in [1.29, 1.82) is 0 Å². The summed E-state index contributed by atoms with van der Waals surface area (Å²) in [5, 5.41) is 0. The third-order valence-corrected chi connectivity index (χ3v) is 5.69. The second kappa shape index (κ2) is 7.55. The van der Waals surface area contributed by atoms with Crippen molar-refractivity contribution in [2.45, 2.75) is 57.7 Å². The van der Waals surface area contributed by atoms with E-state index in [1.54, 1.807) is 20.8 Å². The van der Waals surface area contributed by atoms with Crippen LogP contribution in [0.15, 0.2) is 0 Å². The van der Waals surface area contributed by atoms with E-state index in [0.29, 0.717) is 26.2 Å². The van der Waals surface area contributed by atoms with E-state index in [-0.39, 0.29) is 12.1 Å². The van der Waals surface area contributed by atoms with Crippen molar-refractivity contribution in [2.75, 3.05) is 33.4 Å². The highest BCUT2D eigenvalue weighted by Crippen LogP contribution is 2.24. The number of nitrogens with zero attached hydrogens (tertiary/aromatic N) is 2. The molecule has 0 aromatic heterocycles. The van der Waals surface area contributed by atoms with Gasteiger partial charge in [-0.15, -0.1) is 0 Å². The minimum absolute atomic E-state index is 0.171. The lowest BCUT2D eigenvalue weighted by atomic mass is 10.0. The molecule has 2 unspecified atom stereocenters. The Morgan fingerprint density at radius 3 is 2.54 bits per heavy atom. The zero-order valence-electron chi connectivity index (χ0n) is 14.9. The number of nitrogens with one attached hydrogen (secondary N) is 1. The molecule has 0 radical (unpaired) electrons. The van der Waals surface area contributed by atoms with Crippen LogP contribution in [0, 0.1) is 0 Å². The van der Waals surface area contributed by atoms with Crippen LogP contribution in [0.5, 0.6) is 0 Å². The topological polar surface area (TPSA) is 88.2 Å². The average molecular weight is 363 g/mol. The summed E-state index contributed by atoms with van der Waals surface area (Å²) in [4.78, 5) is 14.1. The lowest BCUT2D eigenvalue weighted by Crippen LogP contribution is -2.57. The molecule has 140 valence electrons. The van der Waals surface area contributed by atoms with Crippen LogP contribution in [0.4, 0.5) is 4.79 Å². The summed E-state index contributed by atoms with van der Waals surface area (Å²) in [6.07, 6.45) is 1.38. The molecule has 2 rings (SSSR count). The van der Waals surface area contributed by atoms with E-state index in [0.717, 1.165) is 19.4 Å². The lowest BCUT2D eigenvalue weighted by Gasteiger charge is -2.39. The molecule has 2 heterocycles. The first-order chi connectivity index (χ1) is 11.1. The zero-order valence-corrected chi connectivity index (χ0v) is 15.8. The molecule has 2 saturated heterocycles. The number of ether oxygens (including phenoxy) is 2. The monoisotopic (exact) mass is 363 g/mol. The van der Waals surface area contributed by atoms with Crippen LogP contribution < -0.4 is 4.72 Å². The van der Waals surface area contributed by atoms with E-state index in [4.69, 9.17) is 9.47 Å². The molecule has 24 heavy (non-hydrogen) atoms. The van der Waals surface area contributed by atoms with Crippen LogP contribution in [-0.2, 0) is 19.7 Å². The van der Waals surface area contributed by atoms with Crippen LogP contribution in [0.3, 0.4) is 0 Å². The minimum atomic E-state index is -4.00. The fraction of sp³-hybridized carbons (Fsp3) is 0.933. The second-order valence-electron chi connectivity index (χ2n) is 7.51. The molecule has 0 aromatic carbocycles. The minimum Gasteiger partial charge on any atom is -0.443 e. The first-order valence-corrected chi connectivity index (χ1v) is 9.83. The second-order valence-corrected chi connectivity index (χ2v) is 9.09. The van der Waals surface area contributed by atoms with Gasteiger partial charge in [-0.05, 0) is 53.6 Å². The summed E-state index contributed by atoms with van der Waals surface area (Å²) < 4.78 is 39.7. The fourth-order valence-corrected chi connectivity index (χ4v) is 4.70. The van der Waals surface area contributed by atoms with Gasteiger partial charge in [-0.25, -0.2) is 9.52 Å². The molecule has 0 saturated carbocycles. The molecule has 1 N–H and O–H groups in total. The normalized spacial score (nSPS) is 26.5. The number of likely N-dealkylation sites (tertiary alicyclic amines) is 1. The van der Waals surface area contributed by atoms with Crippen molar-refractivity contribution in [3.63, 3.8) is 0 Å². The summed E-state index contributed by atoms with van der Waals surface area (Å²) in [6, 6.07) is -0.420. The Morgan fingerprint density at radius 2 is 2.00 bits per heavy atom. The Bertz CT molecular complexity index is 540. The Labute approximate surface area is 144 Å². The highest BCUT2D eigenvalue weighted by molar-refractivity contribution is 7.87. The number of amides is 1. The van der Waals surface area contributed by atoms with Gasteiger partial charge in [0.2, 0.25) is 0 Å². The summed E-state index contributed by atoms with van der Waals surface area (Å²) in [5.74, 6) is 0. The summed E-state index contributed by atoms with van der Waals surface area (Å²) in [7, 11) is -2.02. The van der Waals surface area contributed by atoms with Crippen LogP contribution in [0.25, 0.3) is 0 Å². The van der Waals surface area contributed by atoms with Gasteiger partial charge in [-0.1, -0.05) is 0 Å². The number of likely N-dealkylation sites (N-methyl/N-ethyl adjacent to an activating group) is 1. The van der Waals surface area contributed by atoms with Gasteiger partial charge < -0.3 is 14.4 Å². The van der Waals surface area contributed by atoms with Gasteiger partial charge in [-0.3, -0.25) is 0 Å². The molecule has 0 bridgehead atoms. The van der Waals surface area contributed by atoms with Crippen molar-refractivity contribution < 1.29 is 22.7 Å². The third-order valence-electron chi connectivity index (χ3n) is 4.11. The number of hydrogen-bond donors (Lipinski definition) is 1. The highest BCUT2D eigenvalue weighted by atomic mass is 32.2. The van der Waals surface area contributed by atoms with Gasteiger partial charge >= 0.3 is 16.3 Å². The maximum Gasteiger partial charge on any atom is 0.422 e. The molecular weight excluding hydrogens is 334 g/mol. The molecule has 8 nitrogen and oxygen atoms in total. The smallest absolute Gasteiger partial charge is 0.422 e. The molecule has 0 spiro atoms. The molecule has 2 fully saturated rings. The molecule has 2 aliphatic heterocycles. The maximum atomic E-state index is 12.9. The number of rotatable bonds is 4. The van der Waals surface area contributed by atoms with E-state index in [1.807, 2.05) is 7.05 Å². The van der Waals surface area contributed by atoms with Crippen LogP contribution in [-0.4, -0.2) is 74.8 Å². The number of piperidine rings is 1. The van der Waals surface area contributed by atoms with Gasteiger partial charge in [0.15, 0.2) is 0 Å². The maximum absolute atomic E-state index is 12.9. The fourth-order valence-electron chi connectivity index (χ4n) is 3.22. The van der Waals surface area contributed by atoms with Gasteiger partial charge in [-0.2, -0.15) is 12.7 Å². The van der Waals surface area contributed by atoms with Gasteiger partial charge in [0.25, 0.3) is 0 Å². The van der Waals surface area contributed by atoms with E-state index in [9.17, 15) is 13.2 Å². The molecule has 0 aromatic rings. The Morgan fingerprint density at radius 1 is 1.29 bits per heavy atom. The summed E-state index contributed by atoms with van der Waals surface area (Å²) in [5.41, 5.74) is -0.758. The molecule has 2 aliphatic rings. The van der Waals surface area contributed by atoms with Crippen LogP contribution in [0.1, 0.15) is 40.0 Å². The molecule has 0 aliphatic carbocycles. The van der Waals surface area contributed by atoms with Gasteiger partial charge in [0, 0.05) is 19.2 Å². The van der Waals surface area contributed by atoms with Crippen LogP contribution in [0.2, 0.25) is 0 Å². The van der Waals surface area contributed by atoms with Crippen molar-refractivity contribution in [2.24, 2.45) is 0 Å². The summed E-state index contributed by atoms with van der Waals surface area (Å²) >= 11 is 0. The van der Waals surface area contributed by atoms with Crippen LogP contribution >= 0.6 is 0 Å². The largest absolute Gasteiger partial charge is 0.443 e. The van der Waals surface area contributed by atoms with Crippen molar-refractivity contribution >= 4 is 16.3 Å². The molecular formula is C15H29N3O5S. The Balaban J connectivity index is 2.16. The van der Waals surface area contributed by atoms with Crippen molar-refractivity contribution in [3.8, 4) is 0 Å². The molecule has 2 atom stereocenters. The molecule has 9 heteroatoms. The first-order valence-electron chi connectivity index (χ1n) is 8.39. The predicted octanol–water partition coefficient (Wildman–Crippen LogP) is 0.941. The Kier molecular flexibility index (Phi) is 6.11. The quantitative estimate of drug-likeness (QED) is 0.800. The predicted molar refractivity (Wildman–Crippen MR) is 89.9 cm³/mol. The third kappa shape index (κ3) is 5.30. The average Bonchev–Trinajstić information content (AvgIpc) is 2.88. The Hall–Kier alpha value is -0.900. The highest BCUT2D eigenvalue weighted by Gasteiger charge is 2.40.